The summed E-state index contributed by atoms with van der Waals surface area (Å²) in [5, 5.41) is 0. The van der Waals surface area contributed by atoms with Gasteiger partial charge in [0.05, 0.1) is 11.4 Å². The third-order valence-corrected chi connectivity index (χ3v) is 19.5. The van der Waals surface area contributed by atoms with E-state index in [4.69, 9.17) is 0 Å². The molecule has 438 valence electrons. The molecule has 0 aromatic heterocycles. The molecule has 0 saturated heterocycles. The Morgan fingerprint density at radius 3 is 1.24 bits per heavy atom. The standard InChI is InChI=1S/C82H92BN3/c1-76(2,3)56-29-37-61(38-30-56)84(62-39-31-57(32-40-62)77(4,5)6)64-49-73-75-74(50-64)86(70-43-35-59(79(10,11)12)47-65(70)55-27-25-54(26-28-55)53-23-21-20-22-24-53)72-52-67-66(81(16,17)45-46-82(67,18)19)51-69(72)83(75)68-48-60(80(13,14)15)36-44-71(68)85(73)63-41-33-58(34-42-63)78(7,8)9/h20-44,47-52H,45-46H2,1-19H3. The molecule has 86 heavy (non-hydrogen) atoms. The molecule has 0 amide bonds. The van der Waals surface area contributed by atoms with Crippen LogP contribution in [0.25, 0.3) is 22.3 Å². The van der Waals surface area contributed by atoms with Gasteiger partial charge in [0.1, 0.15) is 0 Å². The lowest BCUT2D eigenvalue weighted by atomic mass is 9.33. The fourth-order valence-corrected chi connectivity index (χ4v) is 13.9. The lowest BCUT2D eigenvalue weighted by Crippen LogP contribution is -2.62. The summed E-state index contributed by atoms with van der Waals surface area (Å²) in [4.78, 5) is 7.88. The van der Waals surface area contributed by atoms with Crippen molar-refractivity contribution in [1.29, 1.82) is 0 Å². The largest absolute Gasteiger partial charge is 0.311 e. The second kappa shape index (κ2) is 20.5. The molecule has 2 heterocycles. The average molecular weight is 1130 g/mol. The minimum atomic E-state index is -0.0982. The Morgan fingerprint density at radius 2 is 0.744 bits per heavy atom. The van der Waals surface area contributed by atoms with Crippen LogP contribution in [0.1, 0.15) is 183 Å². The summed E-state index contributed by atoms with van der Waals surface area (Å²) >= 11 is 0. The number of rotatable bonds is 7. The van der Waals surface area contributed by atoms with Gasteiger partial charge < -0.3 is 14.7 Å². The molecule has 0 bridgehead atoms. The number of fused-ring (bicyclic) bond motifs is 5. The molecule has 0 atom stereocenters. The number of hydrogen-bond acceptors (Lipinski definition) is 3. The number of anilines is 9. The minimum absolute atomic E-state index is 0.00894. The van der Waals surface area contributed by atoms with E-state index in [1.807, 2.05) is 0 Å². The van der Waals surface area contributed by atoms with Crippen LogP contribution in [0.2, 0.25) is 0 Å². The second-order valence-corrected chi connectivity index (χ2v) is 31.9. The molecule has 0 saturated carbocycles. The van der Waals surface area contributed by atoms with Gasteiger partial charge in [-0.05, 0) is 196 Å². The lowest BCUT2D eigenvalue weighted by Gasteiger charge is -2.48. The molecule has 4 heteroatoms. The van der Waals surface area contributed by atoms with Crippen molar-refractivity contribution in [2.75, 3.05) is 14.7 Å². The van der Waals surface area contributed by atoms with Gasteiger partial charge in [0, 0.05) is 45.4 Å². The molecule has 9 aromatic carbocycles. The molecular formula is C82H92BN3. The second-order valence-electron chi connectivity index (χ2n) is 31.9. The van der Waals surface area contributed by atoms with Crippen molar-refractivity contribution in [1.82, 2.24) is 0 Å². The van der Waals surface area contributed by atoms with E-state index in [-0.39, 0.29) is 44.6 Å². The summed E-state index contributed by atoms with van der Waals surface area (Å²) in [6.07, 6.45) is 2.26. The molecule has 3 aliphatic rings. The van der Waals surface area contributed by atoms with Gasteiger partial charge in [-0.3, -0.25) is 0 Å². The zero-order valence-electron chi connectivity index (χ0n) is 55.2. The fraction of sp³-hybridized carbons (Fsp3) is 0.341. The summed E-state index contributed by atoms with van der Waals surface area (Å²) in [6.45, 7) is 44.9. The van der Waals surface area contributed by atoms with Crippen LogP contribution in [0.5, 0.6) is 0 Å². The highest BCUT2D eigenvalue weighted by Crippen LogP contribution is 2.54. The summed E-state index contributed by atoms with van der Waals surface area (Å²) in [6, 6.07) is 73.8. The van der Waals surface area contributed by atoms with Crippen LogP contribution in [0.3, 0.4) is 0 Å². The molecule has 0 radical (unpaired) electrons. The molecular weight excluding hydrogens is 1040 g/mol. The zero-order valence-corrected chi connectivity index (χ0v) is 55.2. The van der Waals surface area contributed by atoms with Crippen molar-refractivity contribution in [2.24, 2.45) is 0 Å². The van der Waals surface area contributed by atoms with Gasteiger partial charge in [-0.25, -0.2) is 0 Å². The molecule has 0 fully saturated rings. The SMILES string of the molecule is CC(C)(C)c1ccc(N(c2ccc(C(C)(C)C)cc2)c2cc3c4c(c2)N(c2ccc(C(C)(C)C)cc2-c2ccc(-c5ccccc5)cc2)c2cc5c(cc2B4c2cc(C(C)(C)C)ccc2N3c2ccc(C(C)(C)C)cc2)C(C)(C)CCC5(C)C)cc1. The third kappa shape index (κ3) is 10.5. The minimum Gasteiger partial charge on any atom is -0.311 e. The van der Waals surface area contributed by atoms with E-state index in [0.29, 0.717) is 0 Å². The quantitative estimate of drug-likeness (QED) is 0.147. The summed E-state index contributed by atoms with van der Waals surface area (Å²) in [7, 11) is 0. The first-order valence-corrected chi connectivity index (χ1v) is 31.8. The molecule has 0 unspecified atom stereocenters. The summed E-state index contributed by atoms with van der Waals surface area (Å²) in [5.74, 6) is 0. The van der Waals surface area contributed by atoms with E-state index < -0.39 is 0 Å². The molecule has 0 spiro atoms. The highest BCUT2D eigenvalue weighted by molar-refractivity contribution is 7.00. The molecule has 9 aromatic rings. The topological polar surface area (TPSA) is 9.72 Å². The van der Waals surface area contributed by atoms with Crippen molar-refractivity contribution in [2.45, 2.75) is 182 Å². The predicted molar refractivity (Wildman–Crippen MR) is 375 cm³/mol. The maximum absolute atomic E-state index is 2.72. The number of benzene rings is 9. The van der Waals surface area contributed by atoms with Crippen LogP contribution < -0.4 is 31.1 Å². The first-order valence-electron chi connectivity index (χ1n) is 31.8. The fourth-order valence-electron chi connectivity index (χ4n) is 13.9. The van der Waals surface area contributed by atoms with Gasteiger partial charge in [0.15, 0.2) is 0 Å². The highest BCUT2D eigenvalue weighted by Gasteiger charge is 2.48. The van der Waals surface area contributed by atoms with Crippen molar-refractivity contribution < 1.29 is 0 Å². The van der Waals surface area contributed by atoms with Gasteiger partial charge in [0.25, 0.3) is 6.71 Å². The molecule has 3 nitrogen and oxygen atoms in total. The van der Waals surface area contributed by atoms with Crippen LogP contribution in [0.15, 0.2) is 188 Å². The number of nitrogens with zero attached hydrogens (tertiary/aromatic N) is 3. The first-order chi connectivity index (χ1) is 40.3. The van der Waals surface area contributed by atoms with Crippen molar-refractivity contribution >= 4 is 74.3 Å². The van der Waals surface area contributed by atoms with Crippen molar-refractivity contribution in [3.05, 3.63) is 227 Å². The van der Waals surface area contributed by atoms with E-state index in [0.717, 1.165) is 35.6 Å². The zero-order chi connectivity index (χ0) is 61.4. The van der Waals surface area contributed by atoms with Crippen molar-refractivity contribution in [3.8, 4) is 22.3 Å². The maximum atomic E-state index is 2.72. The van der Waals surface area contributed by atoms with Gasteiger partial charge >= 0.3 is 0 Å². The van der Waals surface area contributed by atoms with Crippen LogP contribution in [0.4, 0.5) is 51.2 Å². The van der Waals surface area contributed by atoms with Gasteiger partial charge in [-0.2, -0.15) is 0 Å². The first kappa shape index (κ1) is 58.8. The van der Waals surface area contributed by atoms with Gasteiger partial charge in [0.2, 0.25) is 0 Å². The summed E-state index contributed by atoms with van der Waals surface area (Å²) < 4.78 is 0. The average Bonchev–Trinajstić information content (AvgIpc) is 0.693. The Hall–Kier alpha value is -7.56. The smallest absolute Gasteiger partial charge is 0.252 e. The predicted octanol–water partition coefficient (Wildman–Crippen LogP) is 21.4. The molecule has 12 rings (SSSR count). The van der Waals surface area contributed by atoms with E-state index in [1.54, 1.807) is 0 Å². The third-order valence-electron chi connectivity index (χ3n) is 19.5. The highest BCUT2D eigenvalue weighted by atomic mass is 15.2. The Kier molecular flexibility index (Phi) is 14.0. The lowest BCUT2D eigenvalue weighted by molar-refractivity contribution is 0.332. The van der Waals surface area contributed by atoms with E-state index in [2.05, 4.69) is 334 Å². The molecule has 1 aliphatic carbocycles. The van der Waals surface area contributed by atoms with Crippen molar-refractivity contribution in [3.63, 3.8) is 0 Å². The maximum Gasteiger partial charge on any atom is 0.252 e. The summed E-state index contributed by atoms with van der Waals surface area (Å²) in [5.41, 5.74) is 28.6. The van der Waals surface area contributed by atoms with Crippen LogP contribution >= 0.6 is 0 Å². The van der Waals surface area contributed by atoms with Crippen LogP contribution in [0, 0.1) is 0 Å². The monoisotopic (exact) mass is 1130 g/mol. The van der Waals surface area contributed by atoms with Gasteiger partial charge in [-0.1, -0.05) is 247 Å². The normalized spacial score (nSPS) is 15.4. The molecule has 0 N–H and O–H groups in total. The van der Waals surface area contributed by atoms with E-state index in [9.17, 15) is 0 Å². The van der Waals surface area contributed by atoms with E-state index in [1.165, 1.54) is 106 Å². The van der Waals surface area contributed by atoms with Gasteiger partial charge in [-0.15, -0.1) is 0 Å². The Morgan fingerprint density at radius 1 is 0.337 bits per heavy atom. The van der Waals surface area contributed by atoms with Crippen LogP contribution in [-0.2, 0) is 37.9 Å². The Balaban J connectivity index is 1.25. The van der Waals surface area contributed by atoms with Crippen LogP contribution in [-0.4, -0.2) is 6.71 Å². The Bertz CT molecular complexity index is 3980. The number of hydrogen-bond donors (Lipinski definition) is 0. The Labute approximate surface area is 517 Å². The van der Waals surface area contributed by atoms with E-state index >= 15 is 0 Å². The molecule has 2 aliphatic heterocycles.